The lowest BCUT2D eigenvalue weighted by atomic mass is 10.1. The van der Waals surface area contributed by atoms with E-state index in [0.717, 1.165) is 11.3 Å². The number of benzene rings is 1. The number of ether oxygens (including phenoxy) is 1. The van der Waals surface area contributed by atoms with E-state index in [-0.39, 0.29) is 18.2 Å². The number of para-hydroxylation sites is 1. The van der Waals surface area contributed by atoms with E-state index in [0.29, 0.717) is 17.1 Å². The van der Waals surface area contributed by atoms with Crippen molar-refractivity contribution in [1.29, 1.82) is 0 Å². The molecule has 27 heavy (non-hydrogen) atoms. The van der Waals surface area contributed by atoms with Gasteiger partial charge in [0.15, 0.2) is 0 Å². The van der Waals surface area contributed by atoms with Gasteiger partial charge in [0.25, 0.3) is 11.8 Å². The van der Waals surface area contributed by atoms with Gasteiger partial charge in [-0.1, -0.05) is 25.1 Å². The minimum Gasteiger partial charge on any atom is -0.490 e. The van der Waals surface area contributed by atoms with Gasteiger partial charge in [0.05, 0.1) is 18.9 Å². The average molecular weight is 368 g/mol. The first kappa shape index (κ1) is 18.4. The van der Waals surface area contributed by atoms with Gasteiger partial charge in [-0.25, -0.2) is 4.79 Å². The molecular formula is C20H20N2O5. The maximum absolute atomic E-state index is 12.8. The maximum Gasteiger partial charge on any atom is 0.331 e. The van der Waals surface area contributed by atoms with Crippen LogP contribution in [0.25, 0.3) is 6.08 Å². The number of furan rings is 1. The zero-order chi connectivity index (χ0) is 19.4. The highest BCUT2D eigenvalue weighted by atomic mass is 16.5. The predicted octanol–water partition coefficient (Wildman–Crippen LogP) is 3.12. The van der Waals surface area contributed by atoms with Crippen LogP contribution in [0, 0.1) is 0 Å². The van der Waals surface area contributed by atoms with Crippen LogP contribution in [0.15, 0.2) is 52.7 Å². The molecule has 4 amide bonds. The van der Waals surface area contributed by atoms with E-state index in [2.05, 4.69) is 5.32 Å². The first-order valence-electron chi connectivity index (χ1n) is 8.66. The van der Waals surface area contributed by atoms with Crippen molar-refractivity contribution in [2.45, 2.75) is 32.9 Å². The Bertz CT molecular complexity index is 886. The molecule has 1 saturated heterocycles. The minimum absolute atomic E-state index is 0.0162. The largest absolute Gasteiger partial charge is 0.490 e. The van der Waals surface area contributed by atoms with E-state index >= 15 is 0 Å². The summed E-state index contributed by atoms with van der Waals surface area (Å²) in [4.78, 5) is 38.0. The summed E-state index contributed by atoms with van der Waals surface area (Å²) in [5.41, 5.74) is 0.449. The van der Waals surface area contributed by atoms with Crippen LogP contribution in [0.5, 0.6) is 5.75 Å². The van der Waals surface area contributed by atoms with Crippen LogP contribution in [0.3, 0.4) is 0 Å². The first-order chi connectivity index (χ1) is 13.0. The zero-order valence-electron chi connectivity index (χ0n) is 15.1. The summed E-state index contributed by atoms with van der Waals surface area (Å²) in [7, 11) is 0. The highest BCUT2D eigenvalue weighted by molar-refractivity contribution is 6.31. The third kappa shape index (κ3) is 4.08. The second-order valence-electron chi connectivity index (χ2n) is 6.16. The van der Waals surface area contributed by atoms with Crippen molar-refractivity contribution >= 4 is 23.9 Å². The monoisotopic (exact) mass is 368 g/mol. The molecule has 1 N–H and O–H groups in total. The van der Waals surface area contributed by atoms with E-state index in [1.807, 2.05) is 19.9 Å². The number of urea groups is 1. The molecule has 1 atom stereocenters. The van der Waals surface area contributed by atoms with Crippen LogP contribution in [-0.2, 0) is 16.1 Å². The standard InChI is InChI=1S/C20H20N2O5/c1-3-13(2)27-17-9-5-4-7-14(17)11-16-18(23)21-20(25)22(19(16)24)12-15-8-6-10-26-15/h4-11,13H,3,12H2,1-2H3,(H,21,23,25). The molecule has 2 heterocycles. The summed E-state index contributed by atoms with van der Waals surface area (Å²) in [5, 5.41) is 2.19. The molecule has 3 rings (SSSR count). The molecular weight excluding hydrogens is 348 g/mol. The first-order valence-corrected chi connectivity index (χ1v) is 8.66. The number of rotatable bonds is 6. The fraction of sp³-hybridized carbons (Fsp3) is 0.250. The number of amides is 4. The Hall–Kier alpha value is -3.35. The predicted molar refractivity (Wildman–Crippen MR) is 97.6 cm³/mol. The van der Waals surface area contributed by atoms with Gasteiger partial charge in [0.1, 0.15) is 17.1 Å². The Morgan fingerprint density at radius 1 is 1.19 bits per heavy atom. The lowest BCUT2D eigenvalue weighted by Crippen LogP contribution is -2.53. The summed E-state index contributed by atoms with van der Waals surface area (Å²) < 4.78 is 11.0. The highest BCUT2D eigenvalue weighted by Gasteiger charge is 2.36. The molecule has 0 bridgehead atoms. The van der Waals surface area contributed by atoms with Crippen molar-refractivity contribution in [2.24, 2.45) is 0 Å². The molecule has 1 fully saturated rings. The molecule has 0 spiro atoms. The van der Waals surface area contributed by atoms with Crippen molar-refractivity contribution in [1.82, 2.24) is 10.2 Å². The average Bonchev–Trinajstić information content (AvgIpc) is 3.16. The van der Waals surface area contributed by atoms with Crippen molar-refractivity contribution in [2.75, 3.05) is 0 Å². The van der Waals surface area contributed by atoms with Crippen LogP contribution in [0.4, 0.5) is 4.79 Å². The second-order valence-corrected chi connectivity index (χ2v) is 6.16. The number of hydrogen-bond donors (Lipinski definition) is 1. The van der Waals surface area contributed by atoms with E-state index in [1.54, 1.807) is 30.3 Å². The van der Waals surface area contributed by atoms with E-state index < -0.39 is 17.8 Å². The molecule has 7 heteroatoms. The van der Waals surface area contributed by atoms with E-state index in [4.69, 9.17) is 9.15 Å². The SMILES string of the molecule is CCC(C)Oc1ccccc1C=C1C(=O)NC(=O)N(Cc2ccco2)C1=O. The summed E-state index contributed by atoms with van der Waals surface area (Å²) >= 11 is 0. The van der Waals surface area contributed by atoms with Crippen LogP contribution in [0.2, 0.25) is 0 Å². The van der Waals surface area contributed by atoms with Gasteiger partial charge in [-0.3, -0.25) is 19.8 Å². The zero-order valence-corrected chi connectivity index (χ0v) is 15.1. The topological polar surface area (TPSA) is 88.8 Å². The van der Waals surface area contributed by atoms with Crippen LogP contribution < -0.4 is 10.1 Å². The number of carbonyl (C=O) groups excluding carboxylic acids is 3. The highest BCUT2D eigenvalue weighted by Crippen LogP contribution is 2.25. The van der Waals surface area contributed by atoms with Gasteiger partial charge in [-0.05, 0) is 37.6 Å². The molecule has 0 aliphatic carbocycles. The maximum atomic E-state index is 12.8. The number of imide groups is 2. The fourth-order valence-corrected chi connectivity index (χ4v) is 2.56. The van der Waals surface area contributed by atoms with Crippen LogP contribution >= 0.6 is 0 Å². The second kappa shape index (κ2) is 7.90. The molecule has 0 radical (unpaired) electrons. The molecule has 140 valence electrons. The van der Waals surface area contributed by atoms with Crippen molar-refractivity contribution in [3.05, 3.63) is 59.6 Å². The quantitative estimate of drug-likeness (QED) is 0.625. The Morgan fingerprint density at radius 2 is 1.96 bits per heavy atom. The molecule has 7 nitrogen and oxygen atoms in total. The van der Waals surface area contributed by atoms with Crippen molar-refractivity contribution in [3.8, 4) is 5.75 Å². The Labute approximate surface area is 156 Å². The fourth-order valence-electron chi connectivity index (χ4n) is 2.56. The normalized spacial score (nSPS) is 17.2. The summed E-state index contributed by atoms with van der Waals surface area (Å²) in [6.45, 7) is 3.88. The molecule has 0 saturated carbocycles. The van der Waals surface area contributed by atoms with Gasteiger partial charge in [-0.2, -0.15) is 0 Å². The molecule has 2 aromatic rings. The number of carbonyl (C=O) groups is 3. The van der Waals surface area contributed by atoms with Crippen molar-refractivity contribution < 1.29 is 23.5 Å². The van der Waals surface area contributed by atoms with Crippen LogP contribution in [0.1, 0.15) is 31.6 Å². The molecule has 1 aliphatic rings. The third-order valence-corrected chi connectivity index (χ3v) is 4.20. The lowest BCUT2D eigenvalue weighted by Gasteiger charge is -2.25. The smallest absolute Gasteiger partial charge is 0.331 e. The molecule has 1 aromatic heterocycles. The number of nitrogens with one attached hydrogen (secondary N) is 1. The van der Waals surface area contributed by atoms with Gasteiger partial charge in [-0.15, -0.1) is 0 Å². The van der Waals surface area contributed by atoms with Gasteiger partial charge >= 0.3 is 6.03 Å². The minimum atomic E-state index is -0.775. The number of nitrogens with zero attached hydrogens (tertiary/aromatic N) is 1. The Kier molecular flexibility index (Phi) is 5.40. The Morgan fingerprint density at radius 3 is 2.67 bits per heavy atom. The molecule has 1 aliphatic heterocycles. The number of barbiturate groups is 1. The third-order valence-electron chi connectivity index (χ3n) is 4.20. The lowest BCUT2D eigenvalue weighted by molar-refractivity contribution is -0.130. The van der Waals surface area contributed by atoms with Gasteiger partial charge in [0, 0.05) is 5.56 Å². The number of hydrogen-bond acceptors (Lipinski definition) is 5. The van der Waals surface area contributed by atoms with Gasteiger partial charge < -0.3 is 9.15 Å². The molecule has 1 unspecified atom stereocenters. The van der Waals surface area contributed by atoms with Crippen LogP contribution in [-0.4, -0.2) is 28.8 Å². The van der Waals surface area contributed by atoms with E-state index in [9.17, 15) is 14.4 Å². The Balaban J connectivity index is 1.91. The summed E-state index contributed by atoms with van der Waals surface area (Å²) in [6, 6.07) is 9.65. The molecule has 1 aromatic carbocycles. The van der Waals surface area contributed by atoms with Gasteiger partial charge in [0.2, 0.25) is 0 Å². The summed E-state index contributed by atoms with van der Waals surface area (Å²) in [5.74, 6) is -0.417. The van der Waals surface area contributed by atoms with Crippen molar-refractivity contribution in [3.63, 3.8) is 0 Å². The summed E-state index contributed by atoms with van der Waals surface area (Å²) in [6.07, 6.45) is 3.69. The van der Waals surface area contributed by atoms with E-state index in [1.165, 1.54) is 12.3 Å².